The van der Waals surface area contributed by atoms with Crippen LogP contribution < -0.4 is 9.96 Å². The molecule has 2 heterocycles. The van der Waals surface area contributed by atoms with Crippen molar-refractivity contribution in [2.45, 2.75) is 24.5 Å². The number of hydrogen-bond donors (Lipinski definition) is 0. The molecular formula is C30H24N2O3. The van der Waals surface area contributed by atoms with E-state index in [4.69, 9.17) is 4.84 Å². The summed E-state index contributed by atoms with van der Waals surface area (Å²) in [6.45, 7) is 1.98. The van der Waals surface area contributed by atoms with E-state index < -0.39 is 17.6 Å². The molecule has 5 nitrogen and oxygen atoms in total. The van der Waals surface area contributed by atoms with Gasteiger partial charge in [0.2, 0.25) is 5.91 Å². The summed E-state index contributed by atoms with van der Waals surface area (Å²) < 4.78 is 0. The van der Waals surface area contributed by atoms with Gasteiger partial charge in [-0.15, -0.1) is 0 Å². The second-order valence-corrected chi connectivity index (χ2v) is 9.01. The number of carbonyl (C=O) groups is 2. The normalized spacial score (nSPS) is 23.6. The number of nitrogens with zero attached hydrogens (tertiary/aromatic N) is 2. The number of imide groups is 1. The van der Waals surface area contributed by atoms with Crippen LogP contribution in [0.5, 0.6) is 0 Å². The van der Waals surface area contributed by atoms with Crippen LogP contribution >= 0.6 is 0 Å². The maximum absolute atomic E-state index is 14.6. The van der Waals surface area contributed by atoms with Crippen LogP contribution in [0.1, 0.15) is 22.7 Å². The van der Waals surface area contributed by atoms with Crippen LogP contribution in [0.4, 0.5) is 11.4 Å². The minimum Gasteiger partial charge on any atom is -0.273 e. The molecule has 0 spiro atoms. The van der Waals surface area contributed by atoms with E-state index in [1.165, 1.54) is 4.90 Å². The molecule has 2 fully saturated rings. The topological polar surface area (TPSA) is 49.9 Å². The van der Waals surface area contributed by atoms with Gasteiger partial charge in [-0.05, 0) is 42.3 Å². The fourth-order valence-electron chi connectivity index (χ4n) is 5.36. The molecule has 3 atom stereocenters. The third kappa shape index (κ3) is 3.12. The Morgan fingerprint density at radius 1 is 0.686 bits per heavy atom. The molecule has 4 aromatic rings. The summed E-state index contributed by atoms with van der Waals surface area (Å²) in [6, 6.07) is 35.9. The molecule has 172 valence electrons. The van der Waals surface area contributed by atoms with Crippen LogP contribution in [0.2, 0.25) is 0 Å². The smallest absolute Gasteiger partial charge is 0.267 e. The number of benzene rings is 4. The van der Waals surface area contributed by atoms with Crippen LogP contribution in [0.25, 0.3) is 0 Å². The van der Waals surface area contributed by atoms with Crippen LogP contribution in [0.15, 0.2) is 115 Å². The van der Waals surface area contributed by atoms with Crippen molar-refractivity contribution in [1.82, 2.24) is 0 Å². The maximum atomic E-state index is 14.6. The summed E-state index contributed by atoms with van der Waals surface area (Å²) in [5, 5.41) is 1.75. The van der Waals surface area contributed by atoms with Gasteiger partial charge in [0.05, 0.1) is 11.4 Å². The van der Waals surface area contributed by atoms with Crippen molar-refractivity contribution in [2.24, 2.45) is 0 Å². The van der Waals surface area contributed by atoms with Crippen molar-refractivity contribution in [3.05, 3.63) is 132 Å². The van der Waals surface area contributed by atoms with Gasteiger partial charge in [0, 0.05) is 0 Å². The van der Waals surface area contributed by atoms with Gasteiger partial charge >= 0.3 is 0 Å². The lowest BCUT2D eigenvalue weighted by molar-refractivity contribution is -0.126. The predicted octanol–water partition coefficient (Wildman–Crippen LogP) is 5.37. The monoisotopic (exact) mass is 460 g/mol. The number of hydroxylamine groups is 1. The average molecular weight is 461 g/mol. The van der Waals surface area contributed by atoms with Crippen molar-refractivity contribution < 1.29 is 14.4 Å². The van der Waals surface area contributed by atoms with Gasteiger partial charge in [-0.1, -0.05) is 96.6 Å². The van der Waals surface area contributed by atoms with E-state index in [1.807, 2.05) is 122 Å². The molecule has 2 amide bonds. The van der Waals surface area contributed by atoms with Gasteiger partial charge < -0.3 is 0 Å². The van der Waals surface area contributed by atoms with Crippen molar-refractivity contribution >= 4 is 23.2 Å². The highest BCUT2D eigenvalue weighted by Crippen LogP contribution is 2.57. The van der Waals surface area contributed by atoms with E-state index in [0.29, 0.717) is 5.69 Å². The fourth-order valence-corrected chi connectivity index (χ4v) is 5.36. The lowest BCUT2D eigenvalue weighted by Crippen LogP contribution is -2.46. The molecule has 0 saturated carbocycles. The third-order valence-corrected chi connectivity index (χ3v) is 6.97. The lowest BCUT2D eigenvalue weighted by Gasteiger charge is -2.35. The molecule has 0 unspecified atom stereocenters. The standard InChI is InChI=1S/C30H24N2O3/c1-21-17-19-24(20-18-21)31-28(33)27-30(29(31)34,23-13-7-3-8-14-23)26(22-11-5-2-6-12-22)32(35-27)25-15-9-4-10-16-25/h2-20,26-27H,1H3/t26-,27-,30-/m0/s1. The molecule has 2 saturated heterocycles. The minimum atomic E-state index is -1.26. The summed E-state index contributed by atoms with van der Waals surface area (Å²) in [5.74, 6) is -0.642. The predicted molar refractivity (Wildman–Crippen MR) is 135 cm³/mol. The lowest BCUT2D eigenvalue weighted by atomic mass is 9.69. The van der Waals surface area contributed by atoms with Gasteiger partial charge in [-0.3, -0.25) is 14.4 Å². The molecule has 0 radical (unpaired) electrons. The first-order valence-electron chi connectivity index (χ1n) is 11.7. The van der Waals surface area contributed by atoms with Crippen molar-refractivity contribution in [3.8, 4) is 0 Å². The minimum absolute atomic E-state index is 0.283. The van der Waals surface area contributed by atoms with E-state index in [2.05, 4.69) is 0 Å². The zero-order chi connectivity index (χ0) is 24.0. The number of carbonyl (C=O) groups excluding carboxylic acids is 2. The second kappa shape index (κ2) is 8.22. The highest BCUT2D eigenvalue weighted by Gasteiger charge is 2.72. The van der Waals surface area contributed by atoms with Crippen molar-refractivity contribution in [2.75, 3.05) is 9.96 Å². The number of hydrogen-bond acceptors (Lipinski definition) is 4. The molecule has 4 aromatic carbocycles. The Morgan fingerprint density at radius 2 is 1.26 bits per heavy atom. The highest BCUT2D eigenvalue weighted by atomic mass is 16.7. The fraction of sp³-hybridized carbons (Fsp3) is 0.133. The largest absolute Gasteiger partial charge is 0.273 e. The van der Waals surface area contributed by atoms with Crippen LogP contribution in [0.3, 0.4) is 0 Å². The van der Waals surface area contributed by atoms with Gasteiger partial charge in [-0.2, -0.15) is 0 Å². The first kappa shape index (κ1) is 21.3. The molecular weight excluding hydrogens is 436 g/mol. The molecule has 2 aliphatic heterocycles. The Labute approximate surface area is 204 Å². The maximum Gasteiger partial charge on any atom is 0.267 e. The summed E-state index contributed by atoms with van der Waals surface area (Å²) in [7, 11) is 0. The Kier molecular flexibility index (Phi) is 5.01. The summed E-state index contributed by atoms with van der Waals surface area (Å²) in [4.78, 5) is 36.3. The van der Waals surface area contributed by atoms with Crippen LogP contribution in [-0.2, 0) is 19.8 Å². The first-order chi connectivity index (χ1) is 17.1. The highest BCUT2D eigenvalue weighted by molar-refractivity contribution is 6.28. The Bertz CT molecular complexity index is 1370. The van der Waals surface area contributed by atoms with Crippen LogP contribution in [0, 0.1) is 6.92 Å². The molecule has 35 heavy (non-hydrogen) atoms. The number of anilines is 2. The number of fused-ring (bicyclic) bond motifs is 1. The first-order valence-corrected chi connectivity index (χ1v) is 11.7. The Balaban J connectivity index is 1.61. The summed E-state index contributed by atoms with van der Waals surface area (Å²) in [6.07, 6.45) is -1.01. The molecule has 0 aliphatic carbocycles. The van der Waals surface area contributed by atoms with E-state index in [0.717, 1.165) is 22.4 Å². The molecule has 0 bridgehead atoms. The number of aryl methyl sites for hydroxylation is 1. The summed E-state index contributed by atoms with van der Waals surface area (Å²) >= 11 is 0. The zero-order valence-corrected chi connectivity index (χ0v) is 19.2. The second-order valence-electron chi connectivity index (χ2n) is 9.01. The van der Waals surface area contributed by atoms with Gasteiger partial charge in [-0.25, -0.2) is 9.96 Å². The molecule has 6 rings (SSSR count). The number of amides is 2. The Hall–Kier alpha value is -4.22. The van der Waals surface area contributed by atoms with Crippen molar-refractivity contribution in [1.29, 1.82) is 0 Å². The van der Waals surface area contributed by atoms with Gasteiger partial charge in [0.25, 0.3) is 5.91 Å². The van der Waals surface area contributed by atoms with Crippen molar-refractivity contribution in [3.63, 3.8) is 0 Å². The molecule has 0 N–H and O–H groups in total. The quantitative estimate of drug-likeness (QED) is 0.384. The van der Waals surface area contributed by atoms with Gasteiger partial charge in [0.1, 0.15) is 11.5 Å². The zero-order valence-electron chi connectivity index (χ0n) is 19.2. The van der Waals surface area contributed by atoms with E-state index in [1.54, 1.807) is 5.06 Å². The van der Waals surface area contributed by atoms with E-state index >= 15 is 0 Å². The van der Waals surface area contributed by atoms with E-state index in [9.17, 15) is 9.59 Å². The van der Waals surface area contributed by atoms with E-state index in [-0.39, 0.29) is 11.8 Å². The van der Waals surface area contributed by atoms with Crippen LogP contribution in [-0.4, -0.2) is 17.9 Å². The SMILES string of the molecule is Cc1ccc(N2C(=O)[C@@H]3ON(c4ccccc4)[C@@H](c4ccccc4)[C@]3(c3ccccc3)C2=O)cc1. The molecule has 2 aliphatic rings. The van der Waals surface area contributed by atoms with Gasteiger partial charge in [0.15, 0.2) is 6.10 Å². The molecule has 5 heteroatoms. The average Bonchev–Trinajstić information content (AvgIpc) is 3.38. The molecule has 0 aromatic heterocycles. The number of rotatable bonds is 4. The summed E-state index contributed by atoms with van der Waals surface area (Å²) in [5.41, 5.74) is 2.78. The number of para-hydroxylation sites is 1. The Morgan fingerprint density at radius 3 is 1.89 bits per heavy atom. The third-order valence-electron chi connectivity index (χ3n) is 6.97.